The zero-order valence-electron chi connectivity index (χ0n) is 11.3. The van der Waals surface area contributed by atoms with Gasteiger partial charge in [0.2, 0.25) is 0 Å². The molecule has 0 heterocycles. The standard InChI is InChI=1S/C14H19N3O/c1-10(14(3,4)11(2)18)16-17-13(15)12-8-6-5-7-9-12/h5-9H,1-4H3,(H2,15,17)/b16-10-. The summed E-state index contributed by atoms with van der Waals surface area (Å²) < 4.78 is 0. The van der Waals surface area contributed by atoms with E-state index in [1.165, 1.54) is 0 Å². The van der Waals surface area contributed by atoms with Gasteiger partial charge in [-0.25, -0.2) is 0 Å². The molecule has 0 bridgehead atoms. The number of amidine groups is 1. The molecular weight excluding hydrogens is 226 g/mol. The Labute approximate surface area is 108 Å². The van der Waals surface area contributed by atoms with Crippen LogP contribution in [0.1, 0.15) is 33.3 Å². The van der Waals surface area contributed by atoms with Gasteiger partial charge < -0.3 is 5.73 Å². The molecular formula is C14H19N3O. The van der Waals surface area contributed by atoms with Crippen LogP contribution < -0.4 is 5.73 Å². The first-order valence-corrected chi connectivity index (χ1v) is 5.80. The van der Waals surface area contributed by atoms with Gasteiger partial charge in [-0.15, -0.1) is 5.10 Å². The maximum atomic E-state index is 11.5. The van der Waals surface area contributed by atoms with Gasteiger partial charge in [-0.05, 0) is 27.7 Å². The van der Waals surface area contributed by atoms with Crippen LogP contribution in [0.2, 0.25) is 0 Å². The molecule has 0 aliphatic carbocycles. The average Bonchev–Trinajstić information content (AvgIpc) is 2.36. The van der Waals surface area contributed by atoms with E-state index in [2.05, 4.69) is 10.2 Å². The molecule has 0 unspecified atom stereocenters. The molecule has 0 atom stereocenters. The molecule has 0 radical (unpaired) electrons. The number of nitrogens with two attached hydrogens (primary N) is 1. The lowest BCUT2D eigenvalue weighted by molar-refractivity contribution is -0.121. The normalized spacial score (nSPS) is 13.6. The van der Waals surface area contributed by atoms with Gasteiger partial charge in [0.05, 0.1) is 11.1 Å². The molecule has 0 fully saturated rings. The lowest BCUT2D eigenvalue weighted by atomic mass is 9.84. The van der Waals surface area contributed by atoms with Crippen LogP contribution in [0.3, 0.4) is 0 Å². The molecule has 2 N–H and O–H groups in total. The van der Waals surface area contributed by atoms with Gasteiger partial charge in [0.25, 0.3) is 0 Å². The SMILES string of the molecule is CC(=O)C(C)(C)/C(C)=N\N=C(\N)c1ccccc1. The van der Waals surface area contributed by atoms with Crippen LogP contribution in [0.5, 0.6) is 0 Å². The molecule has 0 aliphatic rings. The molecule has 18 heavy (non-hydrogen) atoms. The Morgan fingerprint density at radius 2 is 1.67 bits per heavy atom. The molecule has 4 nitrogen and oxygen atoms in total. The van der Waals surface area contributed by atoms with Crippen molar-refractivity contribution in [3.63, 3.8) is 0 Å². The number of carbonyl (C=O) groups excluding carboxylic acids is 1. The summed E-state index contributed by atoms with van der Waals surface area (Å²) >= 11 is 0. The predicted molar refractivity (Wildman–Crippen MR) is 74.7 cm³/mol. The van der Waals surface area contributed by atoms with E-state index in [-0.39, 0.29) is 5.78 Å². The fraction of sp³-hybridized carbons (Fsp3) is 0.357. The summed E-state index contributed by atoms with van der Waals surface area (Å²) in [5.41, 5.74) is 6.67. The molecule has 0 aromatic heterocycles. The first-order chi connectivity index (χ1) is 8.35. The summed E-state index contributed by atoms with van der Waals surface area (Å²) in [5, 5.41) is 8.03. The Morgan fingerprint density at radius 1 is 1.11 bits per heavy atom. The molecule has 4 heteroatoms. The second-order valence-corrected chi connectivity index (χ2v) is 4.72. The molecule has 1 rings (SSSR count). The van der Waals surface area contributed by atoms with Gasteiger partial charge in [0, 0.05) is 5.56 Å². The van der Waals surface area contributed by atoms with E-state index < -0.39 is 5.41 Å². The Kier molecular flexibility index (Phi) is 4.37. The highest BCUT2D eigenvalue weighted by Crippen LogP contribution is 2.18. The van der Waals surface area contributed by atoms with Crippen LogP contribution in [0.4, 0.5) is 0 Å². The van der Waals surface area contributed by atoms with E-state index >= 15 is 0 Å². The molecule has 0 saturated heterocycles. The molecule has 0 amide bonds. The van der Waals surface area contributed by atoms with Crippen LogP contribution in [0.15, 0.2) is 40.5 Å². The number of hydrogen-bond donors (Lipinski definition) is 1. The molecule has 0 saturated carbocycles. The van der Waals surface area contributed by atoms with Gasteiger partial charge in [0.15, 0.2) is 5.84 Å². The maximum absolute atomic E-state index is 11.5. The minimum absolute atomic E-state index is 0.0530. The van der Waals surface area contributed by atoms with Crippen molar-refractivity contribution in [2.75, 3.05) is 0 Å². The van der Waals surface area contributed by atoms with E-state index in [1.54, 1.807) is 13.8 Å². The van der Waals surface area contributed by atoms with E-state index in [0.29, 0.717) is 11.5 Å². The Balaban J connectivity index is 2.95. The quantitative estimate of drug-likeness (QED) is 0.502. The molecule has 0 spiro atoms. The maximum Gasteiger partial charge on any atom is 0.153 e. The third-order valence-electron chi connectivity index (χ3n) is 3.16. The van der Waals surface area contributed by atoms with Gasteiger partial charge in [-0.3, -0.25) is 4.79 Å². The van der Waals surface area contributed by atoms with Crippen molar-refractivity contribution in [2.24, 2.45) is 21.4 Å². The number of rotatable bonds is 4. The first kappa shape index (κ1) is 14.1. The topological polar surface area (TPSA) is 67.8 Å². The summed E-state index contributed by atoms with van der Waals surface area (Å²) in [4.78, 5) is 11.5. The predicted octanol–water partition coefficient (Wildman–Crippen LogP) is 2.38. The second-order valence-electron chi connectivity index (χ2n) is 4.72. The number of benzene rings is 1. The van der Waals surface area contributed by atoms with Crippen molar-refractivity contribution in [1.82, 2.24) is 0 Å². The lowest BCUT2D eigenvalue weighted by Crippen LogP contribution is -2.29. The highest BCUT2D eigenvalue weighted by atomic mass is 16.1. The smallest absolute Gasteiger partial charge is 0.153 e. The van der Waals surface area contributed by atoms with Gasteiger partial charge >= 0.3 is 0 Å². The zero-order chi connectivity index (χ0) is 13.8. The third kappa shape index (κ3) is 3.26. The summed E-state index contributed by atoms with van der Waals surface area (Å²) in [5.74, 6) is 0.395. The minimum Gasteiger partial charge on any atom is -0.382 e. The monoisotopic (exact) mass is 245 g/mol. The number of ketones is 1. The highest BCUT2D eigenvalue weighted by Gasteiger charge is 2.27. The average molecular weight is 245 g/mol. The Bertz CT molecular complexity index is 487. The fourth-order valence-electron chi connectivity index (χ4n) is 1.18. The van der Waals surface area contributed by atoms with E-state index in [4.69, 9.17) is 5.73 Å². The first-order valence-electron chi connectivity index (χ1n) is 5.80. The van der Waals surface area contributed by atoms with Crippen molar-refractivity contribution in [1.29, 1.82) is 0 Å². The summed E-state index contributed by atoms with van der Waals surface area (Å²) in [6, 6.07) is 9.39. The molecule has 1 aromatic rings. The van der Waals surface area contributed by atoms with Crippen molar-refractivity contribution in [3.05, 3.63) is 35.9 Å². The van der Waals surface area contributed by atoms with Crippen LogP contribution in [0, 0.1) is 5.41 Å². The zero-order valence-corrected chi connectivity index (χ0v) is 11.3. The second kappa shape index (κ2) is 5.58. The van der Waals surface area contributed by atoms with Crippen molar-refractivity contribution < 1.29 is 4.79 Å². The summed E-state index contributed by atoms with van der Waals surface area (Å²) in [6.45, 7) is 6.97. The van der Waals surface area contributed by atoms with Gasteiger partial charge in [0.1, 0.15) is 5.78 Å². The highest BCUT2D eigenvalue weighted by molar-refractivity contribution is 6.07. The van der Waals surface area contributed by atoms with Crippen molar-refractivity contribution in [2.45, 2.75) is 27.7 Å². The Morgan fingerprint density at radius 3 is 2.17 bits per heavy atom. The number of carbonyl (C=O) groups is 1. The van der Waals surface area contributed by atoms with Gasteiger partial charge in [-0.1, -0.05) is 30.3 Å². The van der Waals surface area contributed by atoms with E-state index in [9.17, 15) is 4.79 Å². The van der Waals surface area contributed by atoms with Gasteiger partial charge in [-0.2, -0.15) is 5.10 Å². The van der Waals surface area contributed by atoms with E-state index in [1.807, 2.05) is 44.2 Å². The number of hydrogen-bond acceptors (Lipinski definition) is 3. The Hall–Kier alpha value is -1.97. The minimum atomic E-state index is -0.611. The molecule has 96 valence electrons. The molecule has 0 aliphatic heterocycles. The summed E-state index contributed by atoms with van der Waals surface area (Å²) in [6.07, 6.45) is 0. The van der Waals surface area contributed by atoms with Crippen LogP contribution >= 0.6 is 0 Å². The third-order valence-corrected chi connectivity index (χ3v) is 3.16. The van der Waals surface area contributed by atoms with Crippen molar-refractivity contribution in [3.8, 4) is 0 Å². The summed E-state index contributed by atoms with van der Waals surface area (Å²) in [7, 11) is 0. The lowest BCUT2D eigenvalue weighted by Gasteiger charge is -2.19. The van der Waals surface area contributed by atoms with Crippen LogP contribution in [-0.2, 0) is 4.79 Å². The van der Waals surface area contributed by atoms with Crippen LogP contribution in [0.25, 0.3) is 0 Å². The largest absolute Gasteiger partial charge is 0.382 e. The molecule has 1 aromatic carbocycles. The van der Waals surface area contributed by atoms with Crippen LogP contribution in [-0.4, -0.2) is 17.3 Å². The number of nitrogens with zero attached hydrogens (tertiary/aromatic N) is 2. The van der Waals surface area contributed by atoms with Crippen molar-refractivity contribution >= 4 is 17.3 Å². The number of Topliss-reactive ketones (excluding diaryl/α,β-unsaturated/α-hetero) is 1. The fourth-order valence-corrected chi connectivity index (χ4v) is 1.18. The van der Waals surface area contributed by atoms with E-state index in [0.717, 1.165) is 5.56 Å².